The van der Waals surface area contributed by atoms with E-state index >= 15 is 0 Å². The first kappa shape index (κ1) is 19.1. The van der Waals surface area contributed by atoms with Crippen molar-refractivity contribution in [1.29, 1.82) is 0 Å². The second-order valence-corrected chi connectivity index (χ2v) is 7.36. The molecule has 1 saturated carbocycles. The molecule has 0 aliphatic heterocycles. The number of halogens is 1. The van der Waals surface area contributed by atoms with Crippen molar-refractivity contribution in [3.05, 3.63) is 64.2 Å². The molecule has 1 aliphatic carbocycles. The second kappa shape index (κ2) is 7.94. The van der Waals surface area contributed by atoms with Gasteiger partial charge >= 0.3 is 0 Å². The standard InChI is InChI=1S/C20H23ClO5/c21-17-6-3-12(8-13(17)7-11-1-4-15(23)5-2-11)16-9-14(10-22)18(24)20(26)19(16)25/h1-6,8,14,16,18-20,22-26H,7,9-10H2/t14-,16?,18-,19+,20+/m1/s1. The summed E-state index contributed by atoms with van der Waals surface area (Å²) in [4.78, 5) is 0. The van der Waals surface area contributed by atoms with Crippen molar-refractivity contribution in [3.63, 3.8) is 0 Å². The average Bonchev–Trinajstić information content (AvgIpc) is 2.64. The lowest BCUT2D eigenvalue weighted by Gasteiger charge is -2.40. The van der Waals surface area contributed by atoms with E-state index in [9.17, 15) is 25.5 Å². The Balaban J connectivity index is 1.87. The first-order valence-electron chi connectivity index (χ1n) is 8.62. The Bertz CT molecular complexity index is 746. The summed E-state index contributed by atoms with van der Waals surface area (Å²) in [5.74, 6) is -0.697. The lowest BCUT2D eigenvalue weighted by atomic mass is 9.73. The predicted octanol–water partition coefficient (Wildman–Crippen LogP) is 1.81. The minimum Gasteiger partial charge on any atom is -0.508 e. The molecule has 1 aliphatic rings. The van der Waals surface area contributed by atoms with Gasteiger partial charge in [0.15, 0.2) is 0 Å². The molecule has 5 atom stereocenters. The molecule has 0 bridgehead atoms. The molecule has 26 heavy (non-hydrogen) atoms. The predicted molar refractivity (Wildman–Crippen MR) is 98.3 cm³/mol. The average molecular weight is 379 g/mol. The molecule has 0 heterocycles. The van der Waals surface area contributed by atoms with Crippen LogP contribution in [0.4, 0.5) is 0 Å². The van der Waals surface area contributed by atoms with Crippen LogP contribution in [0.5, 0.6) is 5.75 Å². The van der Waals surface area contributed by atoms with Crippen LogP contribution < -0.4 is 0 Å². The van der Waals surface area contributed by atoms with Gasteiger partial charge in [0.1, 0.15) is 11.9 Å². The van der Waals surface area contributed by atoms with Gasteiger partial charge in [0.05, 0.1) is 12.2 Å². The van der Waals surface area contributed by atoms with Crippen LogP contribution in [0.3, 0.4) is 0 Å². The SMILES string of the molecule is OC[C@H]1CC(c2ccc(Cl)c(Cc3ccc(O)cc3)c2)[C@H](O)[C@@H](O)[C@@H]1O. The van der Waals surface area contributed by atoms with Crippen LogP contribution in [0.2, 0.25) is 5.02 Å². The topological polar surface area (TPSA) is 101 Å². The van der Waals surface area contributed by atoms with Crippen LogP contribution in [0, 0.1) is 5.92 Å². The molecular weight excluding hydrogens is 356 g/mol. The van der Waals surface area contributed by atoms with E-state index in [1.54, 1.807) is 24.3 Å². The van der Waals surface area contributed by atoms with E-state index in [1.165, 1.54) is 0 Å². The van der Waals surface area contributed by atoms with Crippen molar-refractivity contribution in [2.24, 2.45) is 5.92 Å². The summed E-state index contributed by atoms with van der Waals surface area (Å²) < 4.78 is 0. The van der Waals surface area contributed by atoms with Gasteiger partial charge in [-0.15, -0.1) is 0 Å². The van der Waals surface area contributed by atoms with Gasteiger partial charge in [0, 0.05) is 23.5 Å². The maximum Gasteiger partial charge on any atom is 0.115 e. The van der Waals surface area contributed by atoms with E-state index in [4.69, 9.17) is 11.6 Å². The van der Waals surface area contributed by atoms with E-state index in [0.717, 1.165) is 16.7 Å². The monoisotopic (exact) mass is 378 g/mol. The van der Waals surface area contributed by atoms with Crippen LogP contribution in [0.15, 0.2) is 42.5 Å². The Morgan fingerprint density at radius 1 is 0.923 bits per heavy atom. The van der Waals surface area contributed by atoms with Gasteiger partial charge in [-0.05, 0) is 47.7 Å². The molecule has 1 fully saturated rings. The van der Waals surface area contributed by atoms with Gasteiger partial charge in [-0.2, -0.15) is 0 Å². The maximum atomic E-state index is 10.4. The molecule has 0 aromatic heterocycles. The van der Waals surface area contributed by atoms with Gasteiger partial charge in [-0.25, -0.2) is 0 Å². The largest absolute Gasteiger partial charge is 0.508 e. The van der Waals surface area contributed by atoms with Gasteiger partial charge in [0.2, 0.25) is 0 Å². The van der Waals surface area contributed by atoms with E-state index in [-0.39, 0.29) is 12.4 Å². The fourth-order valence-electron chi connectivity index (χ4n) is 3.63. The summed E-state index contributed by atoms with van der Waals surface area (Å²) in [6.45, 7) is -0.255. The molecule has 0 radical (unpaired) electrons. The number of aliphatic hydroxyl groups is 4. The number of aliphatic hydroxyl groups excluding tert-OH is 4. The summed E-state index contributed by atoms with van der Waals surface area (Å²) in [6.07, 6.45) is -2.63. The highest BCUT2D eigenvalue weighted by atomic mass is 35.5. The number of aromatic hydroxyl groups is 1. The molecule has 1 unspecified atom stereocenters. The van der Waals surface area contributed by atoms with E-state index in [1.807, 2.05) is 18.2 Å². The van der Waals surface area contributed by atoms with E-state index < -0.39 is 30.1 Å². The highest BCUT2D eigenvalue weighted by Crippen LogP contribution is 2.38. The number of hydrogen-bond acceptors (Lipinski definition) is 5. The lowest BCUT2D eigenvalue weighted by Crippen LogP contribution is -2.51. The number of benzene rings is 2. The Morgan fingerprint density at radius 2 is 1.62 bits per heavy atom. The van der Waals surface area contributed by atoms with Crippen molar-refractivity contribution in [1.82, 2.24) is 0 Å². The number of phenols is 1. The van der Waals surface area contributed by atoms with E-state index in [0.29, 0.717) is 17.9 Å². The van der Waals surface area contributed by atoms with Gasteiger partial charge in [0.25, 0.3) is 0 Å². The highest BCUT2D eigenvalue weighted by molar-refractivity contribution is 6.31. The minimum atomic E-state index is -1.30. The summed E-state index contributed by atoms with van der Waals surface area (Å²) in [7, 11) is 0. The van der Waals surface area contributed by atoms with Crippen molar-refractivity contribution in [2.75, 3.05) is 6.61 Å². The molecule has 2 aromatic carbocycles. The zero-order valence-electron chi connectivity index (χ0n) is 14.2. The first-order valence-corrected chi connectivity index (χ1v) is 8.99. The Hall–Kier alpha value is -1.63. The molecular formula is C20H23ClO5. The summed E-state index contributed by atoms with van der Waals surface area (Å²) in [6, 6.07) is 12.3. The first-order chi connectivity index (χ1) is 12.4. The van der Waals surface area contributed by atoms with Gasteiger partial charge < -0.3 is 25.5 Å². The minimum absolute atomic E-state index is 0.196. The van der Waals surface area contributed by atoms with Crippen molar-refractivity contribution < 1.29 is 25.5 Å². The van der Waals surface area contributed by atoms with Crippen molar-refractivity contribution in [3.8, 4) is 5.75 Å². The zero-order valence-corrected chi connectivity index (χ0v) is 14.9. The highest BCUT2D eigenvalue weighted by Gasteiger charge is 2.42. The van der Waals surface area contributed by atoms with Crippen LogP contribution >= 0.6 is 11.6 Å². The van der Waals surface area contributed by atoms with Crippen LogP contribution in [-0.4, -0.2) is 50.5 Å². The Labute approximate surface area is 157 Å². The maximum absolute atomic E-state index is 10.4. The third-order valence-electron chi connectivity index (χ3n) is 5.22. The molecule has 6 heteroatoms. The normalized spacial score (nSPS) is 28.9. The summed E-state index contributed by atoms with van der Waals surface area (Å²) >= 11 is 6.32. The molecule has 0 spiro atoms. The van der Waals surface area contributed by atoms with Crippen molar-refractivity contribution >= 4 is 11.6 Å². The van der Waals surface area contributed by atoms with Crippen LogP contribution in [0.25, 0.3) is 0 Å². The number of rotatable bonds is 4. The molecule has 0 amide bonds. The quantitative estimate of drug-likeness (QED) is 0.558. The lowest BCUT2D eigenvalue weighted by molar-refractivity contribution is -0.127. The van der Waals surface area contributed by atoms with Crippen molar-refractivity contribution in [2.45, 2.75) is 37.1 Å². The van der Waals surface area contributed by atoms with Gasteiger partial charge in [-0.1, -0.05) is 35.9 Å². The van der Waals surface area contributed by atoms with Crippen LogP contribution in [0.1, 0.15) is 29.0 Å². The summed E-state index contributed by atoms with van der Waals surface area (Å²) in [5.41, 5.74) is 2.65. The molecule has 5 nitrogen and oxygen atoms in total. The van der Waals surface area contributed by atoms with Crippen LogP contribution in [-0.2, 0) is 6.42 Å². The third-order valence-corrected chi connectivity index (χ3v) is 5.58. The Kier molecular flexibility index (Phi) is 5.85. The molecule has 2 aromatic rings. The fourth-order valence-corrected chi connectivity index (χ4v) is 3.82. The van der Waals surface area contributed by atoms with E-state index in [2.05, 4.69) is 0 Å². The zero-order chi connectivity index (χ0) is 18.8. The third kappa shape index (κ3) is 3.87. The molecule has 140 valence electrons. The molecule has 0 saturated heterocycles. The fraction of sp³-hybridized carbons (Fsp3) is 0.400. The number of hydrogen-bond donors (Lipinski definition) is 5. The Morgan fingerprint density at radius 3 is 2.27 bits per heavy atom. The number of phenolic OH excluding ortho intramolecular Hbond substituents is 1. The molecule has 5 N–H and O–H groups in total. The summed E-state index contributed by atoms with van der Waals surface area (Å²) in [5, 5.41) is 49.9. The van der Waals surface area contributed by atoms with Gasteiger partial charge in [-0.3, -0.25) is 0 Å². The molecule has 3 rings (SSSR count). The second-order valence-electron chi connectivity index (χ2n) is 6.95. The smallest absolute Gasteiger partial charge is 0.115 e.